The van der Waals surface area contributed by atoms with E-state index in [1.165, 1.54) is 0 Å². The van der Waals surface area contributed by atoms with Gasteiger partial charge in [-0.1, -0.05) is 11.8 Å². The number of hydrogen-bond acceptors (Lipinski definition) is 7. The number of furan rings is 1. The lowest BCUT2D eigenvalue weighted by Crippen LogP contribution is -2.38. The van der Waals surface area contributed by atoms with Crippen molar-refractivity contribution >= 4 is 22.9 Å². The zero-order chi connectivity index (χ0) is 20.4. The van der Waals surface area contributed by atoms with Gasteiger partial charge in [-0.2, -0.15) is 0 Å². The summed E-state index contributed by atoms with van der Waals surface area (Å²) >= 11 is 1.59. The van der Waals surface area contributed by atoms with Crippen molar-refractivity contribution in [1.29, 1.82) is 0 Å². The van der Waals surface area contributed by atoms with E-state index in [-0.39, 0.29) is 12.2 Å². The van der Waals surface area contributed by atoms with Gasteiger partial charge in [0.25, 0.3) is 0 Å². The first kappa shape index (κ1) is 19.4. The molecule has 0 amide bonds. The molecular formula is C22H22N4O2S. The number of aromatic nitrogens is 1. The van der Waals surface area contributed by atoms with Crippen LogP contribution in [0, 0.1) is 11.8 Å². The predicted octanol–water partition coefficient (Wildman–Crippen LogP) is 3.41. The molecule has 4 rings (SSSR count). The van der Waals surface area contributed by atoms with Crippen LogP contribution >= 0.6 is 11.3 Å². The topological polar surface area (TPSA) is 82.7 Å². The van der Waals surface area contributed by atoms with E-state index < -0.39 is 5.60 Å². The van der Waals surface area contributed by atoms with E-state index in [0.29, 0.717) is 5.76 Å². The van der Waals surface area contributed by atoms with Gasteiger partial charge in [0.2, 0.25) is 0 Å². The molecule has 1 aliphatic rings. The lowest BCUT2D eigenvalue weighted by atomic mass is 10.1. The van der Waals surface area contributed by atoms with Gasteiger partial charge in [-0.05, 0) is 51.2 Å². The van der Waals surface area contributed by atoms with Crippen LogP contribution in [0.15, 0.2) is 57.6 Å². The number of fused-ring (bicyclic) bond motifs is 1. The number of pyridine rings is 1. The monoisotopic (exact) mass is 406 g/mol. The van der Waals surface area contributed by atoms with Crippen LogP contribution in [-0.4, -0.2) is 34.6 Å². The molecule has 2 unspecified atom stereocenters. The number of hydrogen-bond donors (Lipinski definition) is 3. The van der Waals surface area contributed by atoms with E-state index >= 15 is 0 Å². The molecule has 29 heavy (non-hydrogen) atoms. The quantitative estimate of drug-likeness (QED) is 0.581. The first-order valence-corrected chi connectivity index (χ1v) is 10.2. The SMILES string of the molecule is CNC1Nc2ncccc2C(c2ccco2)=NC1c1cc(C#CC(C)(C)O)cs1. The number of aliphatic hydroxyl groups is 1. The Bertz CT molecular complexity index is 1080. The molecule has 0 radical (unpaired) electrons. The Hall–Kier alpha value is -2.92. The minimum atomic E-state index is -1.03. The Kier molecular flexibility index (Phi) is 5.24. The van der Waals surface area contributed by atoms with E-state index in [1.807, 2.05) is 42.8 Å². The van der Waals surface area contributed by atoms with Crippen molar-refractivity contribution in [1.82, 2.24) is 10.3 Å². The second-order valence-corrected chi connectivity index (χ2v) is 8.20. The second kappa shape index (κ2) is 7.84. The molecule has 0 saturated heterocycles. The minimum Gasteiger partial charge on any atom is -0.463 e. The molecule has 148 valence electrons. The van der Waals surface area contributed by atoms with Crippen LogP contribution in [0.2, 0.25) is 0 Å². The van der Waals surface area contributed by atoms with Gasteiger partial charge in [-0.3, -0.25) is 10.3 Å². The van der Waals surface area contributed by atoms with Crippen LogP contribution in [0.5, 0.6) is 0 Å². The van der Waals surface area contributed by atoms with Crippen molar-refractivity contribution < 1.29 is 9.52 Å². The number of rotatable bonds is 3. The summed E-state index contributed by atoms with van der Waals surface area (Å²) in [4.78, 5) is 10.6. The summed E-state index contributed by atoms with van der Waals surface area (Å²) in [6.07, 6.45) is 3.24. The van der Waals surface area contributed by atoms with Crippen molar-refractivity contribution in [3.05, 3.63) is 69.9 Å². The smallest absolute Gasteiger partial charge is 0.152 e. The standard InChI is InChI=1S/C22H22N4O2S/c1-22(2,27)9-8-14-12-17(29-13-14)19-21(23-3)26-20-15(6-4-10-24-20)18(25-19)16-7-5-11-28-16/h4-7,10-13,19,21,23,27H,1-3H3,(H,24,26). The normalized spacial score (nSPS) is 18.7. The number of nitrogens with one attached hydrogen (secondary N) is 2. The number of thiophene rings is 1. The summed E-state index contributed by atoms with van der Waals surface area (Å²) in [6, 6.07) is 9.45. The highest BCUT2D eigenvalue weighted by Crippen LogP contribution is 2.33. The van der Waals surface area contributed by atoms with Crippen LogP contribution in [0.4, 0.5) is 5.82 Å². The molecule has 3 aromatic heterocycles. The molecule has 4 heterocycles. The fourth-order valence-corrected chi connectivity index (χ4v) is 4.00. The summed E-state index contributed by atoms with van der Waals surface area (Å²) in [5.41, 5.74) is 1.48. The molecule has 0 aromatic carbocycles. The maximum atomic E-state index is 9.86. The average Bonchev–Trinajstić information content (AvgIpc) is 3.35. The van der Waals surface area contributed by atoms with Crippen LogP contribution in [0.3, 0.4) is 0 Å². The molecular weight excluding hydrogens is 384 g/mol. The molecule has 0 aliphatic carbocycles. The molecule has 0 saturated carbocycles. The molecule has 7 heteroatoms. The highest BCUT2D eigenvalue weighted by Gasteiger charge is 2.30. The minimum absolute atomic E-state index is 0.162. The van der Waals surface area contributed by atoms with Crippen LogP contribution < -0.4 is 10.6 Å². The lowest BCUT2D eigenvalue weighted by Gasteiger charge is -2.22. The Labute approximate surface area is 173 Å². The van der Waals surface area contributed by atoms with E-state index in [1.54, 1.807) is 37.6 Å². The van der Waals surface area contributed by atoms with E-state index in [0.717, 1.165) is 27.5 Å². The zero-order valence-corrected chi connectivity index (χ0v) is 17.2. The van der Waals surface area contributed by atoms with E-state index in [4.69, 9.17) is 9.41 Å². The van der Waals surface area contributed by atoms with Gasteiger partial charge in [0.05, 0.1) is 6.26 Å². The molecule has 3 N–H and O–H groups in total. The third-order valence-electron chi connectivity index (χ3n) is 4.43. The third-order valence-corrected chi connectivity index (χ3v) is 5.43. The average molecular weight is 407 g/mol. The fourth-order valence-electron chi connectivity index (χ4n) is 3.09. The summed E-state index contributed by atoms with van der Waals surface area (Å²) in [6.45, 7) is 3.34. The van der Waals surface area contributed by atoms with Crippen molar-refractivity contribution in [2.24, 2.45) is 4.99 Å². The maximum absolute atomic E-state index is 9.86. The van der Waals surface area contributed by atoms with Gasteiger partial charge in [0.15, 0.2) is 5.76 Å². The molecule has 0 fully saturated rings. The third kappa shape index (κ3) is 4.25. The highest BCUT2D eigenvalue weighted by molar-refractivity contribution is 7.10. The van der Waals surface area contributed by atoms with E-state index in [9.17, 15) is 5.11 Å². The van der Waals surface area contributed by atoms with Crippen molar-refractivity contribution in [2.45, 2.75) is 31.7 Å². The summed E-state index contributed by atoms with van der Waals surface area (Å²) in [7, 11) is 1.89. The van der Waals surface area contributed by atoms with E-state index in [2.05, 4.69) is 27.5 Å². The number of anilines is 1. The van der Waals surface area contributed by atoms with Gasteiger partial charge >= 0.3 is 0 Å². The second-order valence-electron chi connectivity index (χ2n) is 7.26. The van der Waals surface area contributed by atoms with Crippen LogP contribution in [0.25, 0.3) is 0 Å². The Balaban J connectivity index is 1.79. The fraction of sp³-hybridized carbons (Fsp3) is 0.273. The summed E-state index contributed by atoms with van der Waals surface area (Å²) in [5.74, 6) is 7.34. The van der Waals surface area contributed by atoms with Gasteiger partial charge in [0.1, 0.15) is 29.3 Å². The molecule has 0 bridgehead atoms. The lowest BCUT2D eigenvalue weighted by molar-refractivity contribution is 0.143. The predicted molar refractivity (Wildman–Crippen MR) is 115 cm³/mol. The van der Waals surface area contributed by atoms with Crippen molar-refractivity contribution in [2.75, 3.05) is 12.4 Å². The van der Waals surface area contributed by atoms with Crippen LogP contribution in [-0.2, 0) is 0 Å². The Morgan fingerprint density at radius 1 is 1.31 bits per heavy atom. The molecule has 3 aromatic rings. The van der Waals surface area contributed by atoms with Crippen molar-refractivity contribution in [3.8, 4) is 11.8 Å². The summed E-state index contributed by atoms with van der Waals surface area (Å²) in [5, 5.41) is 18.6. The summed E-state index contributed by atoms with van der Waals surface area (Å²) < 4.78 is 5.67. The maximum Gasteiger partial charge on any atom is 0.152 e. The van der Waals surface area contributed by atoms with Gasteiger partial charge in [0, 0.05) is 27.6 Å². The zero-order valence-electron chi connectivity index (χ0n) is 16.4. The first-order chi connectivity index (χ1) is 13.9. The Morgan fingerprint density at radius 2 is 2.17 bits per heavy atom. The highest BCUT2D eigenvalue weighted by atomic mass is 32.1. The van der Waals surface area contributed by atoms with Crippen molar-refractivity contribution in [3.63, 3.8) is 0 Å². The Morgan fingerprint density at radius 3 is 2.90 bits per heavy atom. The van der Waals surface area contributed by atoms with Crippen LogP contribution in [0.1, 0.15) is 41.7 Å². The van der Waals surface area contributed by atoms with Gasteiger partial charge in [-0.25, -0.2) is 4.98 Å². The largest absolute Gasteiger partial charge is 0.463 e. The number of likely N-dealkylation sites (N-methyl/N-ethyl adjacent to an activating group) is 1. The first-order valence-electron chi connectivity index (χ1n) is 9.29. The molecule has 1 aliphatic heterocycles. The van der Waals surface area contributed by atoms with Gasteiger partial charge in [-0.15, -0.1) is 11.3 Å². The number of aliphatic imine (C=N–C) groups is 1. The molecule has 0 spiro atoms. The number of nitrogens with zero attached hydrogens (tertiary/aromatic N) is 2. The molecule has 2 atom stereocenters. The molecule has 6 nitrogen and oxygen atoms in total. The van der Waals surface area contributed by atoms with Gasteiger partial charge < -0.3 is 14.8 Å².